The van der Waals surface area contributed by atoms with Gasteiger partial charge in [0.1, 0.15) is 0 Å². The Morgan fingerprint density at radius 3 is 2.59 bits per heavy atom. The largest absolute Gasteiger partial charge is 0.347 e. The topological polar surface area (TPSA) is 70.1 Å². The lowest BCUT2D eigenvalue weighted by atomic mass is 10.1. The van der Waals surface area contributed by atoms with Crippen molar-refractivity contribution in [2.45, 2.75) is 26.2 Å². The molecule has 7 heteroatoms. The number of urea groups is 1. The van der Waals surface area contributed by atoms with Crippen molar-refractivity contribution < 1.29 is 4.79 Å². The monoisotopic (exact) mass is 317 g/mol. The van der Waals surface area contributed by atoms with Gasteiger partial charge in [-0.2, -0.15) is 0 Å². The number of hydrogen-bond donors (Lipinski definition) is 2. The third kappa shape index (κ3) is 3.54. The summed E-state index contributed by atoms with van der Waals surface area (Å²) in [4.78, 5) is 14.2. The first-order chi connectivity index (χ1) is 10.7. The van der Waals surface area contributed by atoms with Crippen LogP contribution >= 0.6 is 11.3 Å². The van der Waals surface area contributed by atoms with Gasteiger partial charge in [0.25, 0.3) is 0 Å². The first kappa shape index (κ1) is 14.8. The second kappa shape index (κ2) is 6.74. The van der Waals surface area contributed by atoms with E-state index < -0.39 is 0 Å². The number of aromatic nitrogens is 2. The van der Waals surface area contributed by atoms with Gasteiger partial charge in [0.15, 0.2) is 0 Å². The van der Waals surface area contributed by atoms with Crippen molar-refractivity contribution in [1.29, 1.82) is 0 Å². The number of carbonyl (C=O) groups is 1. The first-order valence-corrected chi connectivity index (χ1v) is 8.31. The Morgan fingerprint density at radius 1 is 1.18 bits per heavy atom. The van der Waals surface area contributed by atoms with E-state index in [1.54, 1.807) is 0 Å². The molecular formula is C15H19N5OS. The Hall–Kier alpha value is -2.15. The lowest BCUT2D eigenvalue weighted by Crippen LogP contribution is -2.19. The molecule has 1 fully saturated rings. The third-order valence-corrected chi connectivity index (χ3v) is 4.53. The molecule has 2 amide bonds. The lowest BCUT2D eigenvalue weighted by Gasteiger charge is -2.11. The summed E-state index contributed by atoms with van der Waals surface area (Å²) in [6.45, 7) is 4.14. The number of anilines is 3. The number of carbonyl (C=O) groups excluding carboxylic acids is 1. The van der Waals surface area contributed by atoms with E-state index in [2.05, 4.69) is 32.7 Å². The average molecular weight is 317 g/mol. The maximum Gasteiger partial charge on any atom is 0.325 e. The number of hydrogen-bond acceptors (Lipinski definition) is 5. The number of amides is 2. The highest BCUT2D eigenvalue weighted by molar-refractivity contribution is 7.19. The molecule has 116 valence electrons. The number of rotatable bonds is 4. The summed E-state index contributed by atoms with van der Waals surface area (Å²) >= 11 is 1.41. The molecule has 2 aromatic rings. The predicted molar refractivity (Wildman–Crippen MR) is 89.8 cm³/mol. The molecule has 22 heavy (non-hydrogen) atoms. The van der Waals surface area contributed by atoms with Crippen LogP contribution in [0.4, 0.5) is 20.7 Å². The SMILES string of the molecule is CCc1ccc(NC(=O)Nc2nnc(N3CCCC3)s2)cc1. The number of nitrogens with one attached hydrogen (secondary N) is 2. The zero-order valence-electron chi connectivity index (χ0n) is 12.5. The van der Waals surface area contributed by atoms with Crippen LogP contribution < -0.4 is 15.5 Å². The molecule has 6 nitrogen and oxygen atoms in total. The number of benzene rings is 1. The van der Waals surface area contributed by atoms with Gasteiger partial charge < -0.3 is 10.2 Å². The molecule has 1 aliphatic rings. The average Bonchev–Trinajstić information content (AvgIpc) is 3.19. The molecule has 0 radical (unpaired) electrons. The fourth-order valence-corrected chi connectivity index (χ4v) is 3.18. The van der Waals surface area contributed by atoms with E-state index in [0.717, 1.165) is 30.3 Å². The van der Waals surface area contributed by atoms with Crippen molar-refractivity contribution in [2.75, 3.05) is 28.6 Å². The van der Waals surface area contributed by atoms with E-state index in [1.165, 1.54) is 29.7 Å². The molecule has 1 aliphatic heterocycles. The van der Waals surface area contributed by atoms with Gasteiger partial charge >= 0.3 is 6.03 Å². The van der Waals surface area contributed by atoms with Crippen LogP contribution in [0.25, 0.3) is 0 Å². The van der Waals surface area contributed by atoms with Crippen LogP contribution in [-0.4, -0.2) is 29.3 Å². The molecular weight excluding hydrogens is 298 g/mol. The highest BCUT2D eigenvalue weighted by Crippen LogP contribution is 2.26. The standard InChI is InChI=1S/C15H19N5OS/c1-2-11-5-7-12(8-6-11)16-13(21)17-14-18-19-15(22-14)20-9-3-4-10-20/h5-8H,2-4,9-10H2,1H3,(H2,16,17,18,21). The van der Waals surface area contributed by atoms with Gasteiger partial charge in [0.2, 0.25) is 10.3 Å². The van der Waals surface area contributed by atoms with Gasteiger partial charge in [0.05, 0.1) is 0 Å². The van der Waals surface area contributed by atoms with E-state index in [-0.39, 0.29) is 6.03 Å². The van der Waals surface area contributed by atoms with Gasteiger partial charge in [-0.3, -0.25) is 5.32 Å². The Bertz CT molecular complexity index is 634. The number of nitrogens with zero attached hydrogens (tertiary/aromatic N) is 3. The Balaban J connectivity index is 1.56. The van der Waals surface area contributed by atoms with Gasteiger partial charge in [-0.1, -0.05) is 30.4 Å². The molecule has 1 saturated heterocycles. The van der Waals surface area contributed by atoms with E-state index in [0.29, 0.717) is 5.13 Å². The summed E-state index contributed by atoms with van der Waals surface area (Å²) in [5.74, 6) is 0. The van der Waals surface area contributed by atoms with Crippen LogP contribution in [-0.2, 0) is 6.42 Å². The van der Waals surface area contributed by atoms with Crippen molar-refractivity contribution in [2.24, 2.45) is 0 Å². The summed E-state index contributed by atoms with van der Waals surface area (Å²) in [7, 11) is 0. The summed E-state index contributed by atoms with van der Waals surface area (Å²) in [5, 5.41) is 15.1. The van der Waals surface area contributed by atoms with Crippen molar-refractivity contribution in [3.63, 3.8) is 0 Å². The molecule has 0 atom stereocenters. The highest BCUT2D eigenvalue weighted by Gasteiger charge is 2.17. The van der Waals surface area contributed by atoms with Crippen LogP contribution in [0, 0.1) is 0 Å². The van der Waals surface area contributed by atoms with E-state index >= 15 is 0 Å². The molecule has 1 aromatic heterocycles. The molecule has 2 N–H and O–H groups in total. The normalized spacial score (nSPS) is 14.1. The Morgan fingerprint density at radius 2 is 1.91 bits per heavy atom. The zero-order valence-corrected chi connectivity index (χ0v) is 13.3. The number of aryl methyl sites for hydroxylation is 1. The Kier molecular flexibility index (Phi) is 4.53. The van der Waals surface area contributed by atoms with Crippen molar-refractivity contribution in [3.05, 3.63) is 29.8 Å². The fraction of sp³-hybridized carbons (Fsp3) is 0.400. The molecule has 0 unspecified atom stereocenters. The summed E-state index contributed by atoms with van der Waals surface area (Å²) in [6.07, 6.45) is 3.36. The summed E-state index contributed by atoms with van der Waals surface area (Å²) in [6, 6.07) is 7.51. The minimum Gasteiger partial charge on any atom is -0.347 e. The molecule has 0 saturated carbocycles. The lowest BCUT2D eigenvalue weighted by molar-refractivity contribution is 0.262. The zero-order chi connectivity index (χ0) is 15.4. The van der Waals surface area contributed by atoms with Gasteiger partial charge in [-0.05, 0) is 37.0 Å². The molecule has 1 aromatic carbocycles. The minimum atomic E-state index is -0.298. The van der Waals surface area contributed by atoms with Gasteiger partial charge in [0, 0.05) is 18.8 Å². The fourth-order valence-electron chi connectivity index (χ4n) is 2.39. The van der Waals surface area contributed by atoms with Crippen molar-refractivity contribution in [1.82, 2.24) is 10.2 Å². The quantitative estimate of drug-likeness (QED) is 0.907. The Labute approximate surface area is 133 Å². The smallest absolute Gasteiger partial charge is 0.325 e. The van der Waals surface area contributed by atoms with Crippen molar-refractivity contribution in [3.8, 4) is 0 Å². The molecule has 2 heterocycles. The van der Waals surface area contributed by atoms with E-state index in [1.807, 2.05) is 24.3 Å². The van der Waals surface area contributed by atoms with E-state index in [9.17, 15) is 4.79 Å². The van der Waals surface area contributed by atoms with Crippen LogP contribution in [0.2, 0.25) is 0 Å². The summed E-state index contributed by atoms with van der Waals surface area (Å²) < 4.78 is 0. The van der Waals surface area contributed by atoms with Crippen LogP contribution in [0.5, 0.6) is 0 Å². The third-order valence-electron chi connectivity index (χ3n) is 3.63. The maximum atomic E-state index is 12.0. The molecule has 0 bridgehead atoms. The molecule has 0 aliphatic carbocycles. The predicted octanol–water partition coefficient (Wildman–Crippen LogP) is 3.34. The van der Waals surface area contributed by atoms with E-state index in [4.69, 9.17) is 0 Å². The maximum absolute atomic E-state index is 12.0. The molecule has 3 rings (SSSR count). The summed E-state index contributed by atoms with van der Waals surface area (Å²) in [5.41, 5.74) is 2.00. The van der Waals surface area contributed by atoms with Crippen LogP contribution in [0.1, 0.15) is 25.3 Å². The second-order valence-electron chi connectivity index (χ2n) is 5.21. The molecule has 0 spiro atoms. The highest BCUT2D eigenvalue weighted by atomic mass is 32.1. The second-order valence-corrected chi connectivity index (χ2v) is 6.17. The van der Waals surface area contributed by atoms with Crippen molar-refractivity contribution >= 4 is 33.3 Å². The minimum absolute atomic E-state index is 0.298. The van der Waals surface area contributed by atoms with Crippen LogP contribution in [0.3, 0.4) is 0 Å². The van der Waals surface area contributed by atoms with Gasteiger partial charge in [-0.25, -0.2) is 4.79 Å². The van der Waals surface area contributed by atoms with Crippen LogP contribution in [0.15, 0.2) is 24.3 Å². The van der Waals surface area contributed by atoms with Gasteiger partial charge in [-0.15, -0.1) is 10.2 Å². The first-order valence-electron chi connectivity index (χ1n) is 7.50.